The molecule has 2 nitrogen and oxygen atoms in total. The Kier molecular flexibility index (Phi) is 3.40. The smallest absolute Gasteiger partial charge is 0.260 e. The zero-order chi connectivity index (χ0) is 14.8. The van der Waals surface area contributed by atoms with Gasteiger partial charge in [-0.2, -0.15) is 0 Å². The lowest BCUT2D eigenvalue weighted by atomic mass is 10.1. The van der Waals surface area contributed by atoms with Gasteiger partial charge in [0.1, 0.15) is 5.82 Å². The molecule has 0 radical (unpaired) electrons. The number of fused-ring (bicyclic) bond motifs is 1. The van der Waals surface area contributed by atoms with E-state index in [0.717, 1.165) is 16.5 Å². The van der Waals surface area contributed by atoms with Crippen molar-refractivity contribution < 1.29 is 9.18 Å². The molecular weight excluding hydrogens is 265 g/mol. The highest BCUT2D eigenvalue weighted by atomic mass is 19.1. The molecule has 0 saturated carbocycles. The summed E-state index contributed by atoms with van der Waals surface area (Å²) in [5, 5.41) is 2.15. The van der Waals surface area contributed by atoms with Crippen LogP contribution < -0.4 is 4.90 Å². The van der Waals surface area contributed by atoms with Gasteiger partial charge in [0, 0.05) is 12.7 Å². The maximum Gasteiger partial charge on any atom is 0.260 e. The van der Waals surface area contributed by atoms with E-state index >= 15 is 0 Å². The van der Waals surface area contributed by atoms with E-state index in [1.54, 1.807) is 19.2 Å². The Hall–Kier alpha value is -2.68. The molecule has 21 heavy (non-hydrogen) atoms. The van der Waals surface area contributed by atoms with Crippen molar-refractivity contribution in [2.45, 2.75) is 0 Å². The van der Waals surface area contributed by atoms with Crippen molar-refractivity contribution in [3.05, 3.63) is 78.1 Å². The van der Waals surface area contributed by atoms with Crippen molar-refractivity contribution >= 4 is 22.4 Å². The Morgan fingerprint density at radius 2 is 1.57 bits per heavy atom. The lowest BCUT2D eigenvalue weighted by Gasteiger charge is -2.18. The monoisotopic (exact) mass is 279 g/mol. The fourth-order valence-corrected chi connectivity index (χ4v) is 2.32. The maximum absolute atomic E-state index is 13.7. The van der Waals surface area contributed by atoms with Gasteiger partial charge in [-0.3, -0.25) is 4.79 Å². The van der Waals surface area contributed by atoms with Crippen molar-refractivity contribution in [2.24, 2.45) is 0 Å². The minimum absolute atomic E-state index is 0.0770. The van der Waals surface area contributed by atoms with Crippen molar-refractivity contribution in [3.8, 4) is 0 Å². The third-order valence-electron chi connectivity index (χ3n) is 3.53. The molecule has 0 heterocycles. The molecule has 3 heteroatoms. The number of rotatable bonds is 2. The van der Waals surface area contributed by atoms with Gasteiger partial charge >= 0.3 is 0 Å². The van der Waals surface area contributed by atoms with E-state index in [1.807, 2.05) is 42.5 Å². The molecule has 3 aromatic carbocycles. The summed E-state index contributed by atoms with van der Waals surface area (Å²) in [6.07, 6.45) is 0. The maximum atomic E-state index is 13.7. The highest BCUT2D eigenvalue weighted by molar-refractivity contribution is 6.06. The van der Waals surface area contributed by atoms with Crippen LogP contribution >= 0.6 is 0 Å². The fraction of sp³-hybridized carbons (Fsp3) is 0.0556. The van der Waals surface area contributed by atoms with E-state index in [4.69, 9.17) is 0 Å². The first-order valence-electron chi connectivity index (χ1n) is 6.68. The molecule has 0 spiro atoms. The summed E-state index contributed by atoms with van der Waals surface area (Å²) >= 11 is 0. The van der Waals surface area contributed by atoms with Gasteiger partial charge < -0.3 is 4.90 Å². The summed E-state index contributed by atoms with van der Waals surface area (Å²) in [6.45, 7) is 0. The van der Waals surface area contributed by atoms with Crippen molar-refractivity contribution in [2.75, 3.05) is 11.9 Å². The summed E-state index contributed by atoms with van der Waals surface area (Å²) < 4.78 is 13.7. The highest BCUT2D eigenvalue weighted by Gasteiger charge is 2.17. The average molecular weight is 279 g/mol. The second-order valence-corrected chi connectivity index (χ2v) is 4.88. The quantitative estimate of drug-likeness (QED) is 0.686. The molecule has 0 unspecified atom stereocenters. The number of anilines is 1. The third kappa shape index (κ3) is 2.50. The van der Waals surface area contributed by atoms with Crippen molar-refractivity contribution in [1.29, 1.82) is 0 Å². The Balaban J connectivity index is 1.98. The number of nitrogens with zero attached hydrogens (tertiary/aromatic N) is 1. The minimum Gasteiger partial charge on any atom is -0.311 e. The van der Waals surface area contributed by atoms with Crippen LogP contribution in [0.15, 0.2) is 66.7 Å². The molecule has 3 aromatic rings. The summed E-state index contributed by atoms with van der Waals surface area (Å²) in [7, 11) is 1.65. The molecule has 0 aliphatic carbocycles. The van der Waals surface area contributed by atoms with Crippen molar-refractivity contribution in [3.63, 3.8) is 0 Å². The number of hydrogen-bond acceptors (Lipinski definition) is 1. The molecule has 0 fully saturated rings. The topological polar surface area (TPSA) is 20.3 Å². The Morgan fingerprint density at radius 1 is 0.905 bits per heavy atom. The normalized spacial score (nSPS) is 10.6. The van der Waals surface area contributed by atoms with E-state index < -0.39 is 5.82 Å². The van der Waals surface area contributed by atoms with Crippen LogP contribution in [-0.4, -0.2) is 13.0 Å². The molecule has 0 atom stereocenters. The molecule has 0 aliphatic rings. The van der Waals surface area contributed by atoms with Gasteiger partial charge in [-0.15, -0.1) is 0 Å². The van der Waals surface area contributed by atoms with Crippen LogP contribution in [0, 0.1) is 5.82 Å². The zero-order valence-corrected chi connectivity index (χ0v) is 11.6. The molecule has 0 aromatic heterocycles. The van der Waals surface area contributed by atoms with Crippen LogP contribution in [0.1, 0.15) is 10.4 Å². The van der Waals surface area contributed by atoms with E-state index in [0.29, 0.717) is 0 Å². The van der Waals surface area contributed by atoms with Crippen LogP contribution in [0.3, 0.4) is 0 Å². The number of carbonyl (C=O) groups is 1. The second-order valence-electron chi connectivity index (χ2n) is 4.88. The first kappa shape index (κ1) is 13.3. The number of hydrogen-bond donors (Lipinski definition) is 0. The first-order chi connectivity index (χ1) is 10.2. The molecule has 0 aliphatic heterocycles. The Labute approximate surface area is 122 Å². The van der Waals surface area contributed by atoms with Gasteiger partial charge in [-0.05, 0) is 35.0 Å². The molecular formula is C18H14FNO. The lowest BCUT2D eigenvalue weighted by molar-refractivity contribution is 0.0989. The number of benzene rings is 3. The molecule has 104 valence electrons. The summed E-state index contributed by atoms with van der Waals surface area (Å²) in [5.41, 5.74) is 0.815. The highest BCUT2D eigenvalue weighted by Crippen LogP contribution is 2.23. The zero-order valence-electron chi connectivity index (χ0n) is 11.6. The summed E-state index contributed by atoms with van der Waals surface area (Å²) in [4.78, 5) is 13.9. The van der Waals surface area contributed by atoms with Gasteiger partial charge in [0.25, 0.3) is 5.91 Å². The van der Waals surface area contributed by atoms with Gasteiger partial charge in [0.2, 0.25) is 0 Å². The number of carbonyl (C=O) groups excluding carboxylic acids is 1. The van der Waals surface area contributed by atoms with Crippen LogP contribution in [0.4, 0.5) is 10.1 Å². The van der Waals surface area contributed by atoms with Crippen molar-refractivity contribution in [1.82, 2.24) is 0 Å². The van der Waals surface area contributed by atoms with Gasteiger partial charge in [-0.1, -0.05) is 42.5 Å². The first-order valence-corrected chi connectivity index (χ1v) is 6.68. The van der Waals surface area contributed by atoms with Gasteiger partial charge in [0.05, 0.1) is 5.56 Å². The molecule has 1 amide bonds. The third-order valence-corrected chi connectivity index (χ3v) is 3.53. The van der Waals surface area contributed by atoms with Crippen LogP contribution in [-0.2, 0) is 0 Å². The SMILES string of the molecule is CN(C(=O)c1ccccc1F)c1ccc2ccccc2c1. The van der Waals surface area contributed by atoms with E-state index in [-0.39, 0.29) is 11.5 Å². The molecule has 0 N–H and O–H groups in total. The predicted molar refractivity (Wildman–Crippen MR) is 83.1 cm³/mol. The Morgan fingerprint density at radius 3 is 2.33 bits per heavy atom. The molecule has 0 saturated heterocycles. The number of halogens is 1. The number of amides is 1. The average Bonchev–Trinajstić information content (AvgIpc) is 2.53. The predicted octanol–water partition coefficient (Wildman–Crippen LogP) is 4.26. The summed E-state index contributed by atoms with van der Waals surface area (Å²) in [6, 6.07) is 19.7. The van der Waals surface area contributed by atoms with E-state index in [2.05, 4.69) is 0 Å². The van der Waals surface area contributed by atoms with Gasteiger partial charge in [0.15, 0.2) is 0 Å². The van der Waals surface area contributed by atoms with E-state index in [9.17, 15) is 9.18 Å². The lowest BCUT2D eigenvalue weighted by Crippen LogP contribution is -2.27. The second kappa shape index (κ2) is 5.37. The fourth-order valence-electron chi connectivity index (χ4n) is 2.32. The van der Waals surface area contributed by atoms with E-state index in [1.165, 1.54) is 17.0 Å². The molecule has 0 bridgehead atoms. The Bertz CT molecular complexity index is 813. The summed E-state index contributed by atoms with van der Waals surface area (Å²) in [5.74, 6) is -0.862. The van der Waals surface area contributed by atoms with Crippen LogP contribution in [0.5, 0.6) is 0 Å². The van der Waals surface area contributed by atoms with Gasteiger partial charge in [-0.25, -0.2) is 4.39 Å². The van der Waals surface area contributed by atoms with Crippen LogP contribution in [0.25, 0.3) is 10.8 Å². The molecule has 3 rings (SSSR count). The minimum atomic E-state index is -0.505. The van der Waals surface area contributed by atoms with Crippen LogP contribution in [0.2, 0.25) is 0 Å². The standard InChI is InChI=1S/C18H14FNO/c1-20(18(21)16-8-4-5-9-17(16)19)15-11-10-13-6-2-3-7-14(13)12-15/h2-12H,1H3. The largest absolute Gasteiger partial charge is 0.311 e.